The molecule has 0 saturated carbocycles. The summed E-state index contributed by atoms with van der Waals surface area (Å²) in [4.78, 5) is 11.7. The van der Waals surface area contributed by atoms with Crippen molar-refractivity contribution in [2.24, 2.45) is 0 Å². The molecule has 0 aliphatic carbocycles. The SMILES string of the molecule is CCCNC(=O)Nc1ccc(C)c(S(=O)(=O)NC)c1. The quantitative estimate of drug-likeness (QED) is 0.765. The van der Waals surface area contributed by atoms with Gasteiger partial charge >= 0.3 is 6.03 Å². The minimum atomic E-state index is -3.53. The molecule has 106 valence electrons. The lowest BCUT2D eigenvalue weighted by Gasteiger charge is -2.10. The largest absolute Gasteiger partial charge is 0.338 e. The zero-order valence-electron chi connectivity index (χ0n) is 11.3. The van der Waals surface area contributed by atoms with Crippen molar-refractivity contribution >= 4 is 21.7 Å². The van der Waals surface area contributed by atoms with Crippen LogP contribution in [0.25, 0.3) is 0 Å². The van der Waals surface area contributed by atoms with Gasteiger partial charge in [-0.2, -0.15) is 0 Å². The normalized spacial score (nSPS) is 11.1. The maximum Gasteiger partial charge on any atom is 0.319 e. The van der Waals surface area contributed by atoms with Crippen molar-refractivity contribution in [2.45, 2.75) is 25.2 Å². The van der Waals surface area contributed by atoms with E-state index in [0.717, 1.165) is 6.42 Å². The van der Waals surface area contributed by atoms with E-state index in [1.165, 1.54) is 13.1 Å². The summed E-state index contributed by atoms with van der Waals surface area (Å²) in [5.41, 5.74) is 1.06. The molecule has 0 atom stereocenters. The van der Waals surface area contributed by atoms with Crippen LogP contribution in [0.15, 0.2) is 23.1 Å². The van der Waals surface area contributed by atoms with Crippen LogP contribution in [-0.2, 0) is 10.0 Å². The van der Waals surface area contributed by atoms with Crippen molar-refractivity contribution in [1.82, 2.24) is 10.0 Å². The predicted molar refractivity (Wildman–Crippen MR) is 74.7 cm³/mol. The number of carbonyl (C=O) groups excluding carboxylic acids is 1. The number of aryl methyl sites for hydroxylation is 1. The van der Waals surface area contributed by atoms with Gasteiger partial charge < -0.3 is 10.6 Å². The molecule has 7 heteroatoms. The van der Waals surface area contributed by atoms with Crippen LogP contribution in [0.3, 0.4) is 0 Å². The van der Waals surface area contributed by atoms with Gasteiger partial charge in [0.15, 0.2) is 0 Å². The van der Waals surface area contributed by atoms with Crippen molar-refractivity contribution in [3.63, 3.8) is 0 Å². The molecule has 0 spiro atoms. The molecule has 0 saturated heterocycles. The van der Waals surface area contributed by atoms with Crippen LogP contribution < -0.4 is 15.4 Å². The molecular formula is C12H19N3O3S. The Hall–Kier alpha value is -1.60. The monoisotopic (exact) mass is 285 g/mol. The average Bonchev–Trinajstić information content (AvgIpc) is 2.38. The number of hydrogen-bond donors (Lipinski definition) is 3. The molecule has 19 heavy (non-hydrogen) atoms. The fourth-order valence-corrected chi connectivity index (χ4v) is 2.49. The van der Waals surface area contributed by atoms with Gasteiger partial charge in [-0.3, -0.25) is 0 Å². The summed E-state index contributed by atoms with van der Waals surface area (Å²) in [6, 6.07) is 4.40. The first kappa shape index (κ1) is 15.5. The standard InChI is InChI=1S/C12H19N3O3S/c1-4-7-14-12(16)15-10-6-5-9(2)11(8-10)19(17,18)13-3/h5-6,8,13H,4,7H2,1-3H3,(H2,14,15,16). The van der Waals surface area contributed by atoms with E-state index in [1.807, 2.05) is 6.92 Å². The molecule has 1 rings (SSSR count). The highest BCUT2D eigenvalue weighted by molar-refractivity contribution is 7.89. The van der Waals surface area contributed by atoms with Gasteiger partial charge in [-0.05, 0) is 38.1 Å². The summed E-state index contributed by atoms with van der Waals surface area (Å²) < 4.78 is 25.8. The van der Waals surface area contributed by atoms with Crippen molar-refractivity contribution in [2.75, 3.05) is 18.9 Å². The van der Waals surface area contributed by atoms with Gasteiger partial charge in [0.05, 0.1) is 4.90 Å². The van der Waals surface area contributed by atoms with Crippen molar-refractivity contribution < 1.29 is 13.2 Å². The first-order valence-electron chi connectivity index (χ1n) is 5.99. The average molecular weight is 285 g/mol. The van der Waals surface area contributed by atoms with Gasteiger partial charge in [0, 0.05) is 12.2 Å². The minimum absolute atomic E-state index is 0.156. The Labute approximate surface area is 113 Å². The molecule has 0 aromatic heterocycles. The predicted octanol–water partition coefficient (Wildman–Crippen LogP) is 1.43. The Morgan fingerprint density at radius 3 is 2.58 bits per heavy atom. The second-order valence-electron chi connectivity index (χ2n) is 4.07. The highest BCUT2D eigenvalue weighted by atomic mass is 32.2. The van der Waals surface area contributed by atoms with Crippen molar-refractivity contribution in [1.29, 1.82) is 0 Å². The maximum absolute atomic E-state index is 11.8. The lowest BCUT2D eigenvalue weighted by molar-refractivity contribution is 0.252. The van der Waals surface area contributed by atoms with Crippen LogP contribution >= 0.6 is 0 Å². The number of rotatable bonds is 5. The highest BCUT2D eigenvalue weighted by Gasteiger charge is 2.15. The van der Waals surface area contributed by atoms with E-state index in [9.17, 15) is 13.2 Å². The summed E-state index contributed by atoms with van der Waals surface area (Å²) in [5, 5.41) is 5.25. The van der Waals surface area contributed by atoms with Crippen molar-refractivity contribution in [3.05, 3.63) is 23.8 Å². The number of nitrogens with one attached hydrogen (secondary N) is 3. The van der Waals surface area contributed by atoms with Gasteiger partial charge in [0.2, 0.25) is 10.0 Å². The van der Waals surface area contributed by atoms with Crippen LogP contribution in [0, 0.1) is 6.92 Å². The molecule has 0 fully saturated rings. The number of sulfonamides is 1. The van der Waals surface area contributed by atoms with Gasteiger partial charge in [0.1, 0.15) is 0 Å². The molecule has 0 heterocycles. The Kier molecular flexibility index (Phi) is 5.31. The van der Waals surface area contributed by atoms with E-state index >= 15 is 0 Å². The first-order valence-corrected chi connectivity index (χ1v) is 7.48. The van der Waals surface area contributed by atoms with E-state index in [2.05, 4.69) is 15.4 Å². The molecule has 3 N–H and O–H groups in total. The Morgan fingerprint density at radius 2 is 2.00 bits per heavy atom. The van der Waals surface area contributed by atoms with Gasteiger partial charge in [-0.15, -0.1) is 0 Å². The summed E-state index contributed by atoms with van der Waals surface area (Å²) in [6.45, 7) is 4.22. The van der Waals surface area contributed by atoms with Gasteiger partial charge in [-0.1, -0.05) is 13.0 Å². The van der Waals surface area contributed by atoms with Crippen molar-refractivity contribution in [3.8, 4) is 0 Å². The maximum atomic E-state index is 11.8. The van der Waals surface area contributed by atoms with Crippen LogP contribution in [0.4, 0.5) is 10.5 Å². The summed E-state index contributed by atoms with van der Waals surface area (Å²) in [7, 11) is -2.18. The summed E-state index contributed by atoms with van der Waals surface area (Å²) in [6.07, 6.45) is 0.834. The Balaban J connectivity index is 2.94. The topological polar surface area (TPSA) is 87.3 Å². The molecule has 2 amide bonds. The number of amides is 2. The molecule has 0 radical (unpaired) electrons. The van der Waals surface area contributed by atoms with E-state index in [-0.39, 0.29) is 10.9 Å². The third-order valence-electron chi connectivity index (χ3n) is 2.54. The molecule has 1 aromatic rings. The van der Waals surface area contributed by atoms with Gasteiger partial charge in [0.25, 0.3) is 0 Å². The summed E-state index contributed by atoms with van der Waals surface area (Å²) in [5.74, 6) is 0. The van der Waals surface area contributed by atoms with E-state index in [4.69, 9.17) is 0 Å². The third-order valence-corrected chi connectivity index (χ3v) is 4.10. The Morgan fingerprint density at radius 1 is 1.32 bits per heavy atom. The third kappa shape index (κ3) is 4.22. The zero-order chi connectivity index (χ0) is 14.5. The second kappa shape index (κ2) is 6.53. The summed E-state index contributed by atoms with van der Waals surface area (Å²) >= 11 is 0. The number of urea groups is 1. The van der Waals surface area contributed by atoms with Gasteiger partial charge in [-0.25, -0.2) is 17.9 Å². The molecule has 0 aliphatic rings. The van der Waals surface area contributed by atoms with Crippen LogP contribution in [-0.4, -0.2) is 28.0 Å². The van der Waals surface area contributed by atoms with Crippen LogP contribution in [0.5, 0.6) is 0 Å². The van der Waals surface area contributed by atoms with Crippen LogP contribution in [0.1, 0.15) is 18.9 Å². The minimum Gasteiger partial charge on any atom is -0.338 e. The number of anilines is 1. The second-order valence-corrected chi connectivity index (χ2v) is 5.92. The molecule has 0 aliphatic heterocycles. The molecule has 0 unspecified atom stereocenters. The van der Waals surface area contributed by atoms with E-state index < -0.39 is 10.0 Å². The fraction of sp³-hybridized carbons (Fsp3) is 0.417. The first-order chi connectivity index (χ1) is 8.90. The molecular weight excluding hydrogens is 266 g/mol. The molecule has 6 nitrogen and oxygen atoms in total. The number of hydrogen-bond acceptors (Lipinski definition) is 3. The number of carbonyl (C=O) groups is 1. The lowest BCUT2D eigenvalue weighted by atomic mass is 10.2. The number of benzene rings is 1. The Bertz CT molecular complexity index is 555. The smallest absolute Gasteiger partial charge is 0.319 e. The fourth-order valence-electron chi connectivity index (χ4n) is 1.49. The lowest BCUT2D eigenvalue weighted by Crippen LogP contribution is -2.29. The van der Waals surface area contributed by atoms with Crippen LogP contribution in [0.2, 0.25) is 0 Å². The zero-order valence-corrected chi connectivity index (χ0v) is 12.1. The highest BCUT2D eigenvalue weighted by Crippen LogP contribution is 2.19. The molecule has 1 aromatic carbocycles. The van der Waals surface area contributed by atoms with E-state index in [0.29, 0.717) is 17.8 Å². The molecule has 0 bridgehead atoms. The van der Waals surface area contributed by atoms with E-state index in [1.54, 1.807) is 19.1 Å².